The van der Waals surface area contributed by atoms with Gasteiger partial charge in [0.05, 0.1) is 12.1 Å². The fourth-order valence-electron chi connectivity index (χ4n) is 5.22. The lowest BCUT2D eigenvalue weighted by Crippen LogP contribution is -2.34. The van der Waals surface area contributed by atoms with Gasteiger partial charge in [0.15, 0.2) is 0 Å². The number of carbonyl (C=O) groups excluding carboxylic acids is 4. The van der Waals surface area contributed by atoms with E-state index in [0.717, 1.165) is 101 Å². The van der Waals surface area contributed by atoms with E-state index >= 15 is 0 Å². The molecule has 0 radical (unpaired) electrons. The summed E-state index contributed by atoms with van der Waals surface area (Å²) in [7, 11) is 7.03. The molecule has 0 spiro atoms. The summed E-state index contributed by atoms with van der Waals surface area (Å²) in [6, 6.07) is -0.0585. The predicted molar refractivity (Wildman–Crippen MR) is 226 cm³/mol. The Hall–Kier alpha value is -2.98. The molecule has 0 aromatic carbocycles. The van der Waals surface area contributed by atoms with Crippen LogP contribution >= 0.6 is 21.6 Å². The van der Waals surface area contributed by atoms with E-state index < -0.39 is 0 Å². The van der Waals surface area contributed by atoms with Gasteiger partial charge in [-0.2, -0.15) is 0 Å². The van der Waals surface area contributed by atoms with Gasteiger partial charge in [-0.05, 0) is 51.4 Å². The first-order chi connectivity index (χ1) is 25.1. The van der Waals surface area contributed by atoms with Gasteiger partial charge in [-0.25, -0.2) is 0 Å². The lowest BCUT2D eigenvalue weighted by Gasteiger charge is -2.16. The summed E-state index contributed by atoms with van der Waals surface area (Å²) in [6.07, 6.45) is 37.5. The van der Waals surface area contributed by atoms with Crippen LogP contribution < -0.4 is 10.6 Å². The average molecular weight is 759 g/mol. The molecule has 10 heteroatoms. The first-order valence-electron chi connectivity index (χ1n) is 19.3. The molecule has 0 aromatic heterocycles. The maximum absolute atomic E-state index is 12.1. The van der Waals surface area contributed by atoms with Crippen LogP contribution in [0.3, 0.4) is 0 Å². The summed E-state index contributed by atoms with van der Waals surface area (Å²) in [5.74, 6) is 1.75. The lowest BCUT2D eigenvalue weighted by molar-refractivity contribution is -0.128. The van der Waals surface area contributed by atoms with Gasteiger partial charge in [0.2, 0.25) is 23.6 Å². The molecule has 0 saturated heterocycles. The van der Waals surface area contributed by atoms with E-state index in [1.54, 1.807) is 59.3 Å². The Morgan fingerprint density at radius 1 is 0.558 bits per heavy atom. The van der Waals surface area contributed by atoms with Gasteiger partial charge < -0.3 is 20.4 Å². The van der Waals surface area contributed by atoms with Crippen molar-refractivity contribution in [2.24, 2.45) is 0 Å². The molecular weight excluding hydrogens is 689 g/mol. The number of hydrogen-bond donors (Lipinski definition) is 2. The zero-order valence-electron chi connectivity index (χ0n) is 32.8. The number of nitrogens with one attached hydrogen (secondary N) is 2. The highest BCUT2D eigenvalue weighted by Gasteiger charge is 2.10. The van der Waals surface area contributed by atoms with Gasteiger partial charge in [-0.15, -0.1) is 13.2 Å². The standard InChI is InChI=1S/C42H70N4O4S2/c1-7-9-27-33-45(5)41(49)31-25-21-17-13-11-15-19-23-29-39(43-37(3)47)35-51-52-36-40(44-38(4)48)30-24-20-16-12-14-18-22-26-32-42(50)46(6)34-28-10-8-2/h7-8,23-24,27-30,33-34,39-40H,1-2,9-22,25-26,31-32,35-36H2,3-6H3,(H,43,47)(H,44,48). The Balaban J connectivity index is 4.22. The van der Waals surface area contributed by atoms with Crippen LogP contribution in [0.1, 0.15) is 129 Å². The van der Waals surface area contributed by atoms with Crippen LogP contribution in [0.4, 0.5) is 0 Å². The van der Waals surface area contributed by atoms with Crippen molar-refractivity contribution in [1.82, 2.24) is 20.4 Å². The van der Waals surface area contributed by atoms with E-state index in [1.165, 1.54) is 12.8 Å². The van der Waals surface area contributed by atoms with Gasteiger partial charge >= 0.3 is 0 Å². The van der Waals surface area contributed by atoms with Crippen LogP contribution in [-0.4, -0.2) is 71.1 Å². The van der Waals surface area contributed by atoms with Crippen LogP contribution in [-0.2, 0) is 19.2 Å². The molecule has 2 N–H and O–H groups in total. The smallest absolute Gasteiger partial charge is 0.226 e. The molecular formula is C42H70N4O4S2. The first kappa shape index (κ1) is 49.0. The number of nitrogens with zero attached hydrogens (tertiary/aromatic N) is 2. The number of rotatable bonds is 33. The molecule has 0 aliphatic heterocycles. The fraction of sp³-hybridized carbons (Fsp3) is 0.619. The van der Waals surface area contributed by atoms with Crippen molar-refractivity contribution in [3.63, 3.8) is 0 Å². The molecule has 0 aliphatic carbocycles. The predicted octanol–water partition coefficient (Wildman–Crippen LogP) is 9.83. The number of carbonyl (C=O) groups is 4. The van der Waals surface area contributed by atoms with E-state index in [2.05, 4.69) is 48.1 Å². The molecule has 0 rings (SSSR count). The minimum Gasteiger partial charge on any atom is -0.349 e. The largest absolute Gasteiger partial charge is 0.349 e. The van der Waals surface area contributed by atoms with Crippen LogP contribution in [0.5, 0.6) is 0 Å². The Labute approximate surface area is 324 Å². The second kappa shape index (κ2) is 35.1. The van der Waals surface area contributed by atoms with Crippen LogP contribution in [0.25, 0.3) is 0 Å². The van der Waals surface area contributed by atoms with Crippen molar-refractivity contribution >= 4 is 45.2 Å². The normalized spacial score (nSPS) is 12.8. The van der Waals surface area contributed by atoms with Crippen LogP contribution in [0.15, 0.2) is 74.2 Å². The maximum Gasteiger partial charge on any atom is 0.226 e. The third kappa shape index (κ3) is 31.7. The van der Waals surface area contributed by atoms with Crippen LogP contribution in [0.2, 0.25) is 0 Å². The summed E-state index contributed by atoms with van der Waals surface area (Å²) >= 11 is 0. The van der Waals surface area contributed by atoms with Crippen molar-refractivity contribution < 1.29 is 19.2 Å². The Morgan fingerprint density at radius 3 is 1.25 bits per heavy atom. The van der Waals surface area contributed by atoms with E-state index in [9.17, 15) is 19.2 Å². The second-order valence-electron chi connectivity index (χ2n) is 13.2. The SMILES string of the molecule is C=CCC=CN(C)C(=O)CCCCCCCCC=CC(CSSCC(C=CCCCCCCCCC(=O)N(C)C=CCC=C)NC(C)=O)NC(C)=O. The summed E-state index contributed by atoms with van der Waals surface area (Å²) in [5, 5.41) is 6.08. The average Bonchev–Trinajstić information content (AvgIpc) is 3.10. The fourth-order valence-corrected chi connectivity index (χ4v) is 7.55. The Bertz CT molecular complexity index is 1040. The van der Waals surface area contributed by atoms with Gasteiger partial charge in [-0.3, -0.25) is 19.2 Å². The summed E-state index contributed by atoms with van der Waals surface area (Å²) in [5.41, 5.74) is 0. The third-order valence-corrected chi connectivity index (χ3v) is 10.6. The van der Waals surface area contributed by atoms with Crippen molar-refractivity contribution in [3.8, 4) is 0 Å². The number of hydrogen-bond acceptors (Lipinski definition) is 6. The zero-order chi connectivity index (χ0) is 38.7. The molecule has 52 heavy (non-hydrogen) atoms. The second-order valence-corrected chi connectivity index (χ2v) is 15.7. The van der Waals surface area contributed by atoms with E-state index in [4.69, 9.17) is 0 Å². The quantitative estimate of drug-likeness (QED) is 0.0393. The highest BCUT2D eigenvalue weighted by Crippen LogP contribution is 2.24. The summed E-state index contributed by atoms with van der Waals surface area (Å²) in [6.45, 7) is 10.5. The molecule has 4 amide bonds. The van der Waals surface area contributed by atoms with Gasteiger partial charge in [0.1, 0.15) is 0 Å². The number of unbranched alkanes of at least 4 members (excludes halogenated alkanes) is 12. The minimum absolute atomic E-state index is 0.0292. The molecule has 2 unspecified atom stereocenters. The molecule has 0 aromatic rings. The molecule has 0 fully saturated rings. The summed E-state index contributed by atoms with van der Waals surface area (Å²) < 4.78 is 0. The summed E-state index contributed by atoms with van der Waals surface area (Å²) in [4.78, 5) is 51.2. The molecule has 0 heterocycles. The zero-order valence-corrected chi connectivity index (χ0v) is 34.5. The maximum atomic E-state index is 12.1. The van der Waals surface area contributed by atoms with Crippen molar-refractivity contribution in [2.75, 3.05) is 25.6 Å². The molecule has 2 atom stereocenters. The van der Waals surface area contributed by atoms with E-state index in [-0.39, 0.29) is 35.7 Å². The lowest BCUT2D eigenvalue weighted by atomic mass is 10.1. The minimum atomic E-state index is -0.0390. The number of amides is 4. The van der Waals surface area contributed by atoms with Gasteiger partial charge in [0, 0.05) is 64.7 Å². The van der Waals surface area contributed by atoms with Crippen molar-refractivity contribution in [1.29, 1.82) is 0 Å². The molecule has 294 valence electrons. The van der Waals surface area contributed by atoms with E-state index in [0.29, 0.717) is 12.8 Å². The molecule has 8 nitrogen and oxygen atoms in total. The van der Waals surface area contributed by atoms with Crippen molar-refractivity contribution in [3.05, 3.63) is 74.2 Å². The number of allylic oxidation sites excluding steroid dienone is 6. The highest BCUT2D eigenvalue weighted by molar-refractivity contribution is 8.76. The Kier molecular flexibility index (Phi) is 33.1. The van der Waals surface area contributed by atoms with Gasteiger partial charge in [-0.1, -0.05) is 122 Å². The van der Waals surface area contributed by atoms with Crippen molar-refractivity contribution in [2.45, 2.75) is 142 Å². The monoisotopic (exact) mass is 758 g/mol. The topological polar surface area (TPSA) is 98.8 Å². The molecule has 0 saturated carbocycles. The van der Waals surface area contributed by atoms with Crippen LogP contribution in [0, 0.1) is 0 Å². The molecule has 0 bridgehead atoms. The van der Waals surface area contributed by atoms with E-state index in [1.807, 2.05) is 36.7 Å². The Morgan fingerprint density at radius 2 is 0.904 bits per heavy atom. The highest BCUT2D eigenvalue weighted by atomic mass is 33.1. The first-order valence-corrected chi connectivity index (χ1v) is 21.8. The third-order valence-electron chi connectivity index (χ3n) is 8.17. The van der Waals surface area contributed by atoms with Gasteiger partial charge in [0.25, 0.3) is 0 Å². The molecule has 0 aliphatic rings.